The second-order valence-corrected chi connectivity index (χ2v) is 3.82. The first-order chi connectivity index (χ1) is 7.24. The third-order valence-corrected chi connectivity index (χ3v) is 2.35. The van der Waals surface area contributed by atoms with Crippen molar-refractivity contribution in [2.75, 3.05) is 19.7 Å². The predicted molar refractivity (Wildman–Crippen MR) is 64.6 cm³/mol. The summed E-state index contributed by atoms with van der Waals surface area (Å²) in [6.07, 6.45) is 1.06. The number of nitrogens with one attached hydrogen (secondary N) is 1. The van der Waals surface area contributed by atoms with Crippen LogP contribution in [0.15, 0.2) is 18.2 Å². The van der Waals surface area contributed by atoms with Gasteiger partial charge in [0, 0.05) is 0 Å². The van der Waals surface area contributed by atoms with Crippen LogP contribution in [0.25, 0.3) is 0 Å². The highest BCUT2D eigenvalue weighted by molar-refractivity contribution is 5.35. The van der Waals surface area contributed by atoms with Crippen molar-refractivity contribution < 1.29 is 4.74 Å². The summed E-state index contributed by atoms with van der Waals surface area (Å²) in [5.41, 5.74) is 2.46. The molecule has 0 saturated carbocycles. The molecular formula is C13H21NO. The van der Waals surface area contributed by atoms with Crippen molar-refractivity contribution in [1.29, 1.82) is 0 Å². The molecule has 0 atom stereocenters. The Balaban J connectivity index is 2.33. The van der Waals surface area contributed by atoms with Gasteiger partial charge in [0.15, 0.2) is 0 Å². The fourth-order valence-electron chi connectivity index (χ4n) is 1.42. The number of ether oxygens (including phenoxy) is 1. The monoisotopic (exact) mass is 207 g/mol. The lowest BCUT2D eigenvalue weighted by molar-refractivity contribution is 0.306. The minimum Gasteiger partial charge on any atom is -0.493 e. The van der Waals surface area contributed by atoms with E-state index in [1.807, 2.05) is 0 Å². The van der Waals surface area contributed by atoms with Gasteiger partial charge in [0.25, 0.3) is 0 Å². The molecule has 0 saturated heterocycles. The lowest BCUT2D eigenvalue weighted by Gasteiger charge is -2.09. The fraction of sp³-hybridized carbons (Fsp3) is 0.538. The van der Waals surface area contributed by atoms with E-state index in [-0.39, 0.29) is 0 Å². The van der Waals surface area contributed by atoms with Gasteiger partial charge in [0.1, 0.15) is 5.75 Å². The predicted octanol–water partition coefficient (Wildman–Crippen LogP) is 2.68. The molecule has 0 aromatic heterocycles. The molecule has 0 aliphatic heterocycles. The van der Waals surface area contributed by atoms with Crippen LogP contribution in [-0.2, 0) is 0 Å². The van der Waals surface area contributed by atoms with Crippen molar-refractivity contribution in [1.82, 2.24) is 5.32 Å². The molecule has 0 radical (unpaired) electrons. The van der Waals surface area contributed by atoms with Crippen LogP contribution < -0.4 is 10.1 Å². The molecule has 1 aromatic rings. The number of hydrogen-bond acceptors (Lipinski definition) is 2. The Morgan fingerprint density at radius 2 is 2.07 bits per heavy atom. The SMILES string of the molecule is CCNCCCOc1cc(C)ccc1C. The molecule has 0 aliphatic rings. The standard InChI is InChI=1S/C13H21NO/c1-4-14-8-5-9-15-13-10-11(2)6-7-12(13)3/h6-7,10,14H,4-5,8-9H2,1-3H3. The highest BCUT2D eigenvalue weighted by Crippen LogP contribution is 2.18. The zero-order chi connectivity index (χ0) is 11.1. The zero-order valence-electron chi connectivity index (χ0n) is 9.97. The van der Waals surface area contributed by atoms with Crippen LogP contribution >= 0.6 is 0 Å². The van der Waals surface area contributed by atoms with Crippen LogP contribution in [0.3, 0.4) is 0 Å². The first-order valence-electron chi connectivity index (χ1n) is 5.65. The number of aryl methyl sites for hydroxylation is 2. The Bertz CT molecular complexity index is 297. The van der Waals surface area contributed by atoms with E-state index in [0.29, 0.717) is 0 Å². The maximum atomic E-state index is 5.72. The third-order valence-electron chi connectivity index (χ3n) is 2.35. The Kier molecular flexibility index (Phi) is 5.19. The van der Waals surface area contributed by atoms with Gasteiger partial charge in [0.05, 0.1) is 6.61 Å². The highest BCUT2D eigenvalue weighted by Gasteiger charge is 1.98. The van der Waals surface area contributed by atoms with E-state index in [1.54, 1.807) is 0 Å². The topological polar surface area (TPSA) is 21.3 Å². The lowest BCUT2D eigenvalue weighted by Crippen LogP contribution is -2.16. The van der Waals surface area contributed by atoms with Gasteiger partial charge < -0.3 is 10.1 Å². The third kappa shape index (κ3) is 4.34. The number of benzene rings is 1. The van der Waals surface area contributed by atoms with Crippen molar-refractivity contribution in [2.24, 2.45) is 0 Å². The zero-order valence-corrected chi connectivity index (χ0v) is 9.97. The molecule has 0 unspecified atom stereocenters. The molecule has 0 aliphatic carbocycles. The Morgan fingerprint density at radius 1 is 1.27 bits per heavy atom. The summed E-state index contributed by atoms with van der Waals surface area (Å²) in [5, 5.41) is 3.28. The molecule has 1 rings (SSSR count). The van der Waals surface area contributed by atoms with Gasteiger partial charge in [-0.1, -0.05) is 19.1 Å². The van der Waals surface area contributed by atoms with Crippen molar-refractivity contribution in [2.45, 2.75) is 27.2 Å². The van der Waals surface area contributed by atoms with Gasteiger partial charge in [-0.3, -0.25) is 0 Å². The van der Waals surface area contributed by atoms with Crippen molar-refractivity contribution in [3.8, 4) is 5.75 Å². The van der Waals surface area contributed by atoms with Crippen LogP contribution in [0.5, 0.6) is 5.75 Å². The molecule has 0 bridgehead atoms. The quantitative estimate of drug-likeness (QED) is 0.724. The van der Waals surface area contributed by atoms with Crippen LogP contribution in [0.2, 0.25) is 0 Å². The van der Waals surface area contributed by atoms with Crippen molar-refractivity contribution in [3.63, 3.8) is 0 Å². The lowest BCUT2D eigenvalue weighted by atomic mass is 10.1. The van der Waals surface area contributed by atoms with Gasteiger partial charge >= 0.3 is 0 Å². The molecule has 15 heavy (non-hydrogen) atoms. The average Bonchev–Trinajstić information content (AvgIpc) is 2.23. The molecular weight excluding hydrogens is 186 g/mol. The second-order valence-electron chi connectivity index (χ2n) is 3.82. The van der Waals surface area contributed by atoms with Crippen LogP contribution in [0.4, 0.5) is 0 Å². The molecule has 0 amide bonds. The Morgan fingerprint density at radius 3 is 2.80 bits per heavy atom. The summed E-state index contributed by atoms with van der Waals surface area (Å²) < 4.78 is 5.72. The molecule has 84 valence electrons. The van der Waals surface area contributed by atoms with Gasteiger partial charge in [-0.05, 0) is 50.6 Å². The van der Waals surface area contributed by atoms with Crippen molar-refractivity contribution >= 4 is 0 Å². The van der Waals surface area contributed by atoms with Gasteiger partial charge in [-0.2, -0.15) is 0 Å². The first-order valence-corrected chi connectivity index (χ1v) is 5.65. The molecule has 1 N–H and O–H groups in total. The summed E-state index contributed by atoms with van der Waals surface area (Å²) in [7, 11) is 0. The molecule has 0 spiro atoms. The van der Waals surface area contributed by atoms with E-state index in [9.17, 15) is 0 Å². The van der Waals surface area contributed by atoms with Crippen LogP contribution in [0.1, 0.15) is 24.5 Å². The van der Waals surface area contributed by atoms with E-state index in [0.717, 1.165) is 31.9 Å². The highest BCUT2D eigenvalue weighted by atomic mass is 16.5. The van der Waals surface area contributed by atoms with E-state index in [4.69, 9.17) is 4.74 Å². The largest absolute Gasteiger partial charge is 0.493 e. The maximum Gasteiger partial charge on any atom is 0.122 e. The summed E-state index contributed by atoms with van der Waals surface area (Å²) in [5.74, 6) is 1.02. The van der Waals surface area contributed by atoms with E-state index >= 15 is 0 Å². The second kappa shape index (κ2) is 6.46. The average molecular weight is 207 g/mol. The summed E-state index contributed by atoms with van der Waals surface area (Å²) >= 11 is 0. The Hall–Kier alpha value is -1.02. The van der Waals surface area contributed by atoms with Gasteiger partial charge in [-0.15, -0.1) is 0 Å². The minimum absolute atomic E-state index is 0.789. The molecule has 2 nitrogen and oxygen atoms in total. The fourth-order valence-corrected chi connectivity index (χ4v) is 1.42. The summed E-state index contributed by atoms with van der Waals surface area (Å²) in [4.78, 5) is 0. The first kappa shape index (κ1) is 12.1. The summed E-state index contributed by atoms with van der Waals surface area (Å²) in [6.45, 7) is 9.14. The van der Waals surface area contributed by atoms with E-state index in [2.05, 4.69) is 44.3 Å². The smallest absolute Gasteiger partial charge is 0.122 e. The number of hydrogen-bond donors (Lipinski definition) is 1. The molecule has 1 aromatic carbocycles. The maximum absolute atomic E-state index is 5.72. The van der Waals surface area contributed by atoms with E-state index < -0.39 is 0 Å². The molecule has 0 heterocycles. The minimum atomic E-state index is 0.789. The van der Waals surface area contributed by atoms with E-state index in [1.165, 1.54) is 11.1 Å². The normalized spacial score (nSPS) is 10.3. The van der Waals surface area contributed by atoms with Crippen LogP contribution in [0, 0.1) is 13.8 Å². The number of rotatable bonds is 6. The molecule has 0 fully saturated rings. The summed E-state index contributed by atoms with van der Waals surface area (Å²) in [6, 6.07) is 6.32. The van der Waals surface area contributed by atoms with Crippen molar-refractivity contribution in [3.05, 3.63) is 29.3 Å². The van der Waals surface area contributed by atoms with Gasteiger partial charge in [-0.25, -0.2) is 0 Å². The van der Waals surface area contributed by atoms with Gasteiger partial charge in [0.2, 0.25) is 0 Å². The Labute approximate surface area is 92.6 Å². The van der Waals surface area contributed by atoms with Crippen LogP contribution in [-0.4, -0.2) is 19.7 Å². The molecule has 2 heteroatoms.